The van der Waals surface area contributed by atoms with E-state index in [0.717, 1.165) is 16.7 Å². The van der Waals surface area contributed by atoms with Crippen molar-refractivity contribution in [2.45, 2.75) is 175 Å². The number of carbonyl (C=O) groups is 9. The maximum atomic E-state index is 14.2. The molecule has 7 rings (SSSR count). The van der Waals surface area contributed by atoms with E-state index in [1.54, 1.807) is 13.0 Å². The van der Waals surface area contributed by atoms with Gasteiger partial charge in [0.25, 0.3) is 11.8 Å². The Balaban J connectivity index is 0.000000313. The molecule has 0 unspecified atom stereocenters. The van der Waals surface area contributed by atoms with E-state index in [1.807, 2.05) is 146 Å². The second-order valence-corrected chi connectivity index (χ2v) is 29.7. The summed E-state index contributed by atoms with van der Waals surface area (Å²) in [5, 5.41) is 49.7. The van der Waals surface area contributed by atoms with Crippen LogP contribution in [0.15, 0.2) is 128 Å². The van der Waals surface area contributed by atoms with Gasteiger partial charge in [-0.15, -0.1) is 0 Å². The summed E-state index contributed by atoms with van der Waals surface area (Å²) in [5.74, 6) is -4.49. The van der Waals surface area contributed by atoms with Crippen LogP contribution in [0.5, 0.6) is 0 Å². The maximum Gasteiger partial charge on any atom is 0.455 e. The van der Waals surface area contributed by atoms with Crippen molar-refractivity contribution in [1.29, 1.82) is 0 Å². The Bertz CT molecular complexity index is 3480. The number of morpholine rings is 1. The van der Waals surface area contributed by atoms with Gasteiger partial charge in [0.1, 0.15) is 17.1 Å². The first kappa shape index (κ1) is 86.3. The number of amides is 4. The molecule has 4 amide bonds. The average Bonchev–Trinajstić information content (AvgIpc) is 1.64. The molecule has 558 valence electrons. The van der Waals surface area contributed by atoms with E-state index < -0.39 is 73.2 Å². The molecule has 103 heavy (non-hydrogen) atoms. The Labute approximate surface area is 617 Å². The van der Waals surface area contributed by atoms with Gasteiger partial charge in [0, 0.05) is 79.7 Å². The highest BCUT2D eigenvalue weighted by Gasteiger charge is 2.50. The van der Waals surface area contributed by atoms with Crippen LogP contribution in [0.25, 0.3) is 0 Å². The fraction of sp³-hybridized carbons (Fsp3) is 0.519. The van der Waals surface area contributed by atoms with Crippen molar-refractivity contribution in [2.75, 3.05) is 46.0 Å². The SMILES string of the molecule is CC(C)C[C@H](CC(=O)CNC(=O)c1cc(Cl)ccc1Cl)B(O)O.CC(C)C[C@H](CC(=O)[C@H](Cc1ccccc1)NC(=O)c1cnccn1)B(O)O.CC(C)C[C@H](NC(=O)[C@H](CCc1ccccc1)CC(=O)CN1CCOCC1)C(=O)C[C@@H](Cc1ccccc1)C(=O)N[C@@H](CC(C)C)C(=O)[C@@]1(C)CO1. The molecule has 0 bridgehead atoms. The molecule has 0 aliphatic carbocycles. The van der Waals surface area contributed by atoms with Crippen molar-refractivity contribution >= 4 is 90.0 Å². The van der Waals surface area contributed by atoms with Crippen LogP contribution >= 0.6 is 23.2 Å². The van der Waals surface area contributed by atoms with Gasteiger partial charge in [-0.25, -0.2) is 4.98 Å². The van der Waals surface area contributed by atoms with Gasteiger partial charge in [0.05, 0.1) is 67.8 Å². The molecule has 8 atom stereocenters. The predicted molar refractivity (Wildman–Crippen MR) is 399 cm³/mol. The number of carbonyl (C=O) groups excluding carboxylic acids is 9. The fourth-order valence-electron chi connectivity index (χ4n) is 12.1. The van der Waals surface area contributed by atoms with Crippen molar-refractivity contribution in [2.24, 2.45) is 35.5 Å². The first-order valence-corrected chi connectivity index (χ1v) is 36.5. The number of hydrogen-bond donors (Lipinski definition) is 8. The number of rotatable bonds is 40. The quantitative estimate of drug-likeness (QED) is 0.0134. The molecule has 0 radical (unpaired) electrons. The number of nitrogens with one attached hydrogen (secondary N) is 4. The Kier molecular flexibility index (Phi) is 37.2. The molecule has 22 nitrogen and oxygen atoms in total. The molecular weight excluding hydrogens is 1360 g/mol. The van der Waals surface area contributed by atoms with Gasteiger partial charge in [0.2, 0.25) is 11.8 Å². The molecular formula is C77H105B2Cl2N7O15. The zero-order chi connectivity index (χ0) is 75.8. The Morgan fingerprint density at radius 2 is 1.09 bits per heavy atom. The third-order valence-electron chi connectivity index (χ3n) is 17.7. The van der Waals surface area contributed by atoms with Crippen LogP contribution in [0.3, 0.4) is 0 Å². The minimum Gasteiger partial charge on any atom is -0.427 e. The van der Waals surface area contributed by atoms with Crippen LogP contribution in [0.2, 0.25) is 21.7 Å². The average molecular weight is 1460 g/mol. The van der Waals surface area contributed by atoms with Gasteiger partial charge in [0.15, 0.2) is 23.1 Å². The molecule has 2 fully saturated rings. The predicted octanol–water partition coefficient (Wildman–Crippen LogP) is 9.00. The van der Waals surface area contributed by atoms with Gasteiger partial charge in [-0.1, -0.05) is 170 Å². The molecule has 2 saturated heterocycles. The summed E-state index contributed by atoms with van der Waals surface area (Å²) in [6, 6.07) is 30.8. The molecule has 26 heteroatoms. The molecule has 0 saturated carbocycles. The van der Waals surface area contributed by atoms with Crippen molar-refractivity contribution in [3.8, 4) is 0 Å². The number of nitrogens with zero attached hydrogens (tertiary/aromatic N) is 3. The van der Waals surface area contributed by atoms with Crippen molar-refractivity contribution in [3.63, 3.8) is 0 Å². The lowest BCUT2D eigenvalue weighted by atomic mass is 9.66. The summed E-state index contributed by atoms with van der Waals surface area (Å²) in [6.45, 7) is 20.4. The number of aryl methyl sites for hydroxylation is 1. The third kappa shape index (κ3) is 32.3. The number of ether oxygens (including phenoxy) is 2. The number of benzene rings is 4. The zero-order valence-corrected chi connectivity index (χ0v) is 62.5. The highest BCUT2D eigenvalue weighted by atomic mass is 35.5. The molecule has 8 N–H and O–H groups in total. The van der Waals surface area contributed by atoms with Gasteiger partial charge in [-0.05, 0) is 117 Å². The van der Waals surface area contributed by atoms with Crippen molar-refractivity contribution in [1.82, 2.24) is 36.1 Å². The van der Waals surface area contributed by atoms with Crippen LogP contribution in [0.4, 0.5) is 0 Å². The number of Topliss-reactive ketones (excluding diaryl/α,β-unsaturated/α-hetero) is 5. The second kappa shape index (κ2) is 44.4. The number of aromatic nitrogens is 2. The summed E-state index contributed by atoms with van der Waals surface area (Å²) < 4.78 is 10.9. The molecule has 2 aliphatic heterocycles. The van der Waals surface area contributed by atoms with Gasteiger partial charge in [-0.2, -0.15) is 0 Å². The topological polar surface area (TPSA) is 333 Å². The minimum absolute atomic E-state index is 0.0145. The smallest absolute Gasteiger partial charge is 0.427 e. The summed E-state index contributed by atoms with van der Waals surface area (Å²) >= 11 is 11.7. The molecule has 1 aromatic heterocycles. The van der Waals surface area contributed by atoms with E-state index in [9.17, 15) is 63.2 Å². The van der Waals surface area contributed by atoms with Gasteiger partial charge >= 0.3 is 14.2 Å². The van der Waals surface area contributed by atoms with Crippen LogP contribution in [0.1, 0.15) is 158 Å². The van der Waals surface area contributed by atoms with Crippen molar-refractivity contribution in [3.05, 3.63) is 166 Å². The Hall–Kier alpha value is -7.38. The van der Waals surface area contributed by atoms with E-state index in [4.69, 9.17) is 32.7 Å². The number of halogens is 2. The van der Waals surface area contributed by atoms with E-state index in [0.29, 0.717) is 89.3 Å². The van der Waals surface area contributed by atoms with Crippen LogP contribution in [-0.2, 0) is 62.3 Å². The van der Waals surface area contributed by atoms with Gasteiger partial charge in [-0.3, -0.25) is 53.0 Å². The first-order chi connectivity index (χ1) is 48.9. The lowest BCUT2D eigenvalue weighted by Gasteiger charge is -2.28. The van der Waals surface area contributed by atoms with Crippen LogP contribution in [0, 0.1) is 35.5 Å². The van der Waals surface area contributed by atoms with Gasteiger partial charge < -0.3 is 50.8 Å². The summed E-state index contributed by atoms with van der Waals surface area (Å²) in [4.78, 5) is 128. The van der Waals surface area contributed by atoms with E-state index in [-0.39, 0.29) is 119 Å². The summed E-state index contributed by atoms with van der Waals surface area (Å²) in [7, 11) is -3.14. The normalized spacial score (nSPS) is 16.2. The number of ketones is 5. The Morgan fingerprint density at radius 3 is 1.62 bits per heavy atom. The highest BCUT2D eigenvalue weighted by Crippen LogP contribution is 2.31. The van der Waals surface area contributed by atoms with E-state index in [1.165, 1.54) is 30.7 Å². The molecule has 2 aliphatic rings. The number of hydrogen-bond acceptors (Lipinski definition) is 18. The Morgan fingerprint density at radius 1 is 0.573 bits per heavy atom. The first-order valence-electron chi connectivity index (χ1n) is 35.7. The maximum absolute atomic E-state index is 14.2. The molecule has 3 heterocycles. The van der Waals surface area contributed by atoms with Crippen LogP contribution in [-0.4, -0.2) is 171 Å². The minimum atomic E-state index is -1.58. The zero-order valence-electron chi connectivity index (χ0n) is 60.9. The summed E-state index contributed by atoms with van der Waals surface area (Å²) in [6.07, 6.45) is 7.65. The largest absolute Gasteiger partial charge is 0.455 e. The second-order valence-electron chi connectivity index (χ2n) is 28.8. The van der Waals surface area contributed by atoms with E-state index >= 15 is 0 Å². The fourth-order valence-corrected chi connectivity index (χ4v) is 12.5. The molecule has 0 spiro atoms. The molecule has 5 aromatic rings. The monoisotopic (exact) mass is 1460 g/mol. The number of epoxide rings is 1. The van der Waals surface area contributed by atoms with Crippen LogP contribution < -0.4 is 21.3 Å². The van der Waals surface area contributed by atoms with Crippen molar-refractivity contribution < 1.29 is 72.7 Å². The lowest BCUT2D eigenvalue weighted by molar-refractivity contribution is -0.136. The highest BCUT2D eigenvalue weighted by molar-refractivity contribution is 6.44. The standard InChI is InChI=1S/C42H59N3O7.C20H26BN3O4.C15H20BCl2NO4/c1-29(2)22-36(43-40(49)33(17-16-31-12-8-6-9-13-31)25-35(46)27-45-18-20-51-21-19-45)38(47)26-34(24-32-14-10-7-11-15-32)41(50)44-37(23-30(3)4)39(48)42(5)28-52-42;1-14(2)10-16(21(27)28)12-19(25)17(11-15-6-4-3-5-7-15)24-20(26)18-13-22-8-9-23-18;1-9(2)5-10(16(22)23)6-12(20)8-19-15(21)13-7-11(17)3-4-14(13)18/h6-15,29-30,33-34,36-37H,16-28H2,1-5H3,(H,43,49)(H,44,50);3-9,13-14,16-17,27-28H,10-12H2,1-2H3,(H,24,26);3-4,7,9-10,22-23H,5-6,8H2,1-2H3,(H,19,21)/t33-,34-,36+,37+,42-;16-,17+;10-/m111/s1. The summed E-state index contributed by atoms with van der Waals surface area (Å²) in [5.41, 5.74) is 2.27. The lowest BCUT2D eigenvalue weighted by Crippen LogP contribution is -2.50. The third-order valence-corrected chi connectivity index (χ3v) is 18.3. The van der Waals surface area contributed by atoms with E-state index in [2.05, 4.69) is 36.1 Å². The molecule has 4 aromatic carbocycles.